The highest BCUT2D eigenvalue weighted by Crippen LogP contribution is 2.43. The number of fused-ring (bicyclic) bond motifs is 2. The predicted molar refractivity (Wildman–Crippen MR) is 203 cm³/mol. The van der Waals surface area contributed by atoms with Gasteiger partial charge in [-0.05, 0) is 140 Å². The topological polar surface area (TPSA) is 194 Å². The van der Waals surface area contributed by atoms with Crippen LogP contribution in [0.1, 0.15) is 94.2 Å². The van der Waals surface area contributed by atoms with Crippen LogP contribution < -0.4 is 30.4 Å². The maximum Gasteiger partial charge on any atom is 0.344 e. The van der Waals surface area contributed by atoms with E-state index in [-0.39, 0.29) is 36.1 Å². The first-order valence-corrected chi connectivity index (χ1v) is 17.7. The van der Waals surface area contributed by atoms with E-state index < -0.39 is 72.7 Å². The van der Waals surface area contributed by atoms with Crippen LogP contribution in [0.5, 0.6) is 23.0 Å². The average molecular weight is 757 g/mol. The lowest BCUT2D eigenvalue weighted by Gasteiger charge is -2.23. The van der Waals surface area contributed by atoms with E-state index in [0.29, 0.717) is 32.7 Å². The van der Waals surface area contributed by atoms with E-state index in [0.717, 1.165) is 0 Å². The summed E-state index contributed by atoms with van der Waals surface area (Å²) in [5.41, 5.74) is 11.1. The third-order valence-electron chi connectivity index (χ3n) is 6.94. The summed E-state index contributed by atoms with van der Waals surface area (Å²) in [5, 5.41) is 2.43. The molecule has 0 aliphatic heterocycles. The summed E-state index contributed by atoms with van der Waals surface area (Å²) in [6.07, 6.45) is 0. The van der Waals surface area contributed by atoms with Gasteiger partial charge in [0, 0.05) is 13.1 Å². The Balaban J connectivity index is 2.25. The van der Waals surface area contributed by atoms with E-state index in [2.05, 4.69) is 0 Å². The summed E-state index contributed by atoms with van der Waals surface area (Å²) in [7, 11) is 0. The lowest BCUT2D eigenvalue weighted by atomic mass is 9.90. The van der Waals surface area contributed by atoms with Crippen LogP contribution in [-0.4, -0.2) is 72.7 Å². The molecule has 0 aromatic heterocycles. The molecule has 14 heteroatoms. The Kier molecular flexibility index (Phi) is 13.8. The highest BCUT2D eigenvalue weighted by atomic mass is 16.6. The molecule has 3 aromatic rings. The first-order valence-electron chi connectivity index (χ1n) is 17.7. The van der Waals surface area contributed by atoms with E-state index in [9.17, 15) is 19.2 Å². The zero-order valence-electron chi connectivity index (χ0n) is 33.6. The number of benzene rings is 3. The molecule has 0 bridgehead atoms. The molecule has 4 N–H and O–H groups in total. The molecule has 0 aliphatic carbocycles. The summed E-state index contributed by atoms with van der Waals surface area (Å²) in [5.74, 6) is -1.95. The Bertz CT molecular complexity index is 1600. The molecule has 298 valence electrons. The van der Waals surface area contributed by atoms with E-state index in [1.807, 2.05) is 0 Å². The van der Waals surface area contributed by atoms with Gasteiger partial charge in [0.15, 0.2) is 49.4 Å². The largest absolute Gasteiger partial charge is 0.478 e. The molecule has 54 heavy (non-hydrogen) atoms. The van der Waals surface area contributed by atoms with E-state index >= 15 is 0 Å². The molecule has 0 radical (unpaired) electrons. The predicted octanol–water partition coefficient (Wildman–Crippen LogP) is 5.79. The normalized spacial score (nSPS) is 12.3. The van der Waals surface area contributed by atoms with Gasteiger partial charge in [-0.2, -0.15) is 0 Å². The molecule has 3 rings (SSSR count). The van der Waals surface area contributed by atoms with E-state index in [1.165, 1.54) is 0 Å². The number of carbonyl (C=O) groups is 4. The molecular formula is C40H56N2O12. The first kappa shape index (κ1) is 43.6. The summed E-state index contributed by atoms with van der Waals surface area (Å²) >= 11 is 0. The Morgan fingerprint density at radius 3 is 0.741 bits per heavy atom. The number of carbonyl (C=O) groups excluding carboxylic acids is 4. The third-order valence-corrected chi connectivity index (χ3v) is 6.94. The van der Waals surface area contributed by atoms with Gasteiger partial charge in [0.05, 0.1) is 0 Å². The van der Waals surface area contributed by atoms with E-state index in [4.69, 9.17) is 49.4 Å². The van der Waals surface area contributed by atoms with Crippen LogP contribution in [0.15, 0.2) is 24.3 Å². The fraction of sp³-hybridized carbons (Fsp3) is 0.550. The second-order valence-corrected chi connectivity index (χ2v) is 16.6. The number of hydrogen-bond donors (Lipinski definition) is 2. The van der Waals surface area contributed by atoms with Crippen molar-refractivity contribution < 1.29 is 57.1 Å². The van der Waals surface area contributed by atoms with Gasteiger partial charge in [-0.1, -0.05) is 0 Å². The van der Waals surface area contributed by atoms with Gasteiger partial charge < -0.3 is 49.4 Å². The first-order chi connectivity index (χ1) is 24.8. The van der Waals surface area contributed by atoms with Crippen LogP contribution >= 0.6 is 0 Å². The second kappa shape index (κ2) is 17.1. The fourth-order valence-electron chi connectivity index (χ4n) is 5.33. The zero-order valence-corrected chi connectivity index (χ0v) is 33.6. The molecule has 0 atom stereocenters. The van der Waals surface area contributed by atoms with Gasteiger partial charge in [-0.3, -0.25) is 0 Å². The molecular weight excluding hydrogens is 700 g/mol. The van der Waals surface area contributed by atoms with Crippen LogP contribution in [-0.2, 0) is 51.2 Å². The third kappa shape index (κ3) is 13.2. The Morgan fingerprint density at radius 1 is 0.407 bits per heavy atom. The molecule has 0 aliphatic rings. The van der Waals surface area contributed by atoms with E-state index in [1.54, 1.807) is 107 Å². The van der Waals surface area contributed by atoms with Crippen molar-refractivity contribution in [1.29, 1.82) is 0 Å². The quantitative estimate of drug-likeness (QED) is 0.114. The smallest absolute Gasteiger partial charge is 0.344 e. The molecule has 0 heterocycles. The molecule has 0 amide bonds. The molecule has 0 unspecified atom stereocenters. The molecule has 0 saturated heterocycles. The van der Waals surface area contributed by atoms with Crippen LogP contribution in [0.25, 0.3) is 21.5 Å². The van der Waals surface area contributed by atoms with Gasteiger partial charge in [0.2, 0.25) is 0 Å². The van der Waals surface area contributed by atoms with Crippen molar-refractivity contribution in [3.63, 3.8) is 0 Å². The van der Waals surface area contributed by atoms with Gasteiger partial charge >= 0.3 is 23.9 Å². The summed E-state index contributed by atoms with van der Waals surface area (Å²) in [4.78, 5) is 50.6. The monoisotopic (exact) mass is 756 g/mol. The molecule has 0 spiro atoms. The number of ether oxygens (including phenoxy) is 8. The van der Waals surface area contributed by atoms with Crippen molar-refractivity contribution >= 4 is 45.4 Å². The highest BCUT2D eigenvalue weighted by molar-refractivity contribution is 6.08. The zero-order chi connectivity index (χ0) is 40.8. The van der Waals surface area contributed by atoms with Gasteiger partial charge in [-0.25, -0.2) is 19.2 Å². The van der Waals surface area contributed by atoms with Crippen molar-refractivity contribution in [1.82, 2.24) is 0 Å². The summed E-state index contributed by atoms with van der Waals surface area (Å²) in [6.45, 7) is 19.1. The summed E-state index contributed by atoms with van der Waals surface area (Å²) < 4.78 is 45.5. The van der Waals surface area contributed by atoms with Gasteiger partial charge in [0.25, 0.3) is 0 Å². The van der Waals surface area contributed by atoms with Crippen LogP contribution in [0.2, 0.25) is 0 Å². The Morgan fingerprint density at radius 2 is 0.593 bits per heavy atom. The average Bonchev–Trinajstić information content (AvgIpc) is 2.99. The second-order valence-electron chi connectivity index (χ2n) is 16.6. The van der Waals surface area contributed by atoms with Crippen molar-refractivity contribution in [2.45, 2.75) is 119 Å². The van der Waals surface area contributed by atoms with Crippen LogP contribution in [0.4, 0.5) is 0 Å². The van der Waals surface area contributed by atoms with Gasteiger partial charge in [-0.15, -0.1) is 0 Å². The standard InChI is InChI=1S/C40H56N2O12/c1-37(2,3)51-33(43)19-47-29-13-23-24(14-30(29)48-20-34(44)52-38(4,5)6)28(18-42)26-16-32(50-22-36(46)54-40(10,11)12)31(15-25(26)27(23)17-41)49-21-35(45)53-39(7,8)9/h13-16H,17-22,41-42H2,1-12H3. The fourth-order valence-corrected chi connectivity index (χ4v) is 5.33. The minimum atomic E-state index is -0.750. The number of hydrogen-bond acceptors (Lipinski definition) is 14. The molecule has 0 fully saturated rings. The minimum absolute atomic E-state index is 0.0189. The lowest BCUT2D eigenvalue weighted by molar-refractivity contribution is -0.158. The maximum absolute atomic E-state index is 12.7. The van der Waals surface area contributed by atoms with Gasteiger partial charge in [0.1, 0.15) is 22.4 Å². The molecule has 0 saturated carbocycles. The maximum atomic E-state index is 12.7. The van der Waals surface area contributed by atoms with Crippen molar-refractivity contribution in [2.24, 2.45) is 11.5 Å². The van der Waals surface area contributed by atoms with Crippen molar-refractivity contribution in [3.05, 3.63) is 35.4 Å². The SMILES string of the molecule is CC(C)(C)OC(=O)COc1cc2c(CN)c3cc(OCC(=O)OC(C)(C)C)c(OCC(=O)OC(C)(C)C)cc3c(CN)c2cc1OCC(=O)OC(C)(C)C. The number of rotatable bonds is 14. The van der Waals surface area contributed by atoms with Crippen molar-refractivity contribution in [2.75, 3.05) is 26.4 Å². The van der Waals surface area contributed by atoms with Crippen LogP contribution in [0.3, 0.4) is 0 Å². The number of nitrogens with two attached hydrogens (primary N) is 2. The Labute approximate surface area is 317 Å². The minimum Gasteiger partial charge on any atom is -0.478 e. The number of esters is 4. The molecule has 14 nitrogen and oxygen atoms in total. The summed E-state index contributed by atoms with van der Waals surface area (Å²) in [6, 6.07) is 6.61. The molecule has 3 aromatic carbocycles. The highest BCUT2D eigenvalue weighted by Gasteiger charge is 2.25. The lowest BCUT2D eigenvalue weighted by Crippen LogP contribution is -2.28. The van der Waals surface area contributed by atoms with Crippen LogP contribution in [0, 0.1) is 0 Å². The van der Waals surface area contributed by atoms with Crippen molar-refractivity contribution in [3.8, 4) is 23.0 Å². The Hall–Kier alpha value is -4.82.